The van der Waals surface area contributed by atoms with Crippen LogP contribution in [0.4, 0.5) is 11.8 Å². The Bertz CT molecular complexity index is 1030. The predicted molar refractivity (Wildman–Crippen MR) is 104 cm³/mol. The van der Waals surface area contributed by atoms with E-state index in [0.717, 1.165) is 16.7 Å². The lowest BCUT2D eigenvalue weighted by atomic mass is 10.0. The first-order valence-electron chi connectivity index (χ1n) is 7.88. The highest BCUT2D eigenvalue weighted by Crippen LogP contribution is 2.26. The normalized spacial score (nSPS) is 10.6. The summed E-state index contributed by atoms with van der Waals surface area (Å²) >= 11 is 1.26. The lowest BCUT2D eigenvalue weighted by molar-refractivity contribution is 0.0601. The van der Waals surface area contributed by atoms with Crippen molar-refractivity contribution in [3.8, 4) is 11.1 Å². The molecular weight excluding hydrogens is 366 g/mol. The van der Waals surface area contributed by atoms with Gasteiger partial charge in [0.15, 0.2) is 0 Å². The topological polar surface area (TPSA) is 137 Å². The number of aromatic amines is 1. The van der Waals surface area contributed by atoms with Gasteiger partial charge in [-0.1, -0.05) is 12.1 Å². The van der Waals surface area contributed by atoms with Gasteiger partial charge in [-0.3, -0.25) is 14.8 Å². The number of ether oxygens (including phenoxy) is 1. The summed E-state index contributed by atoms with van der Waals surface area (Å²) in [7, 11) is 1.34. The molecule has 5 N–H and O–H groups in total. The lowest BCUT2D eigenvalue weighted by Crippen LogP contribution is -2.15. The summed E-state index contributed by atoms with van der Waals surface area (Å²) in [5.74, 6) is 0.189. The number of esters is 1. The van der Waals surface area contributed by atoms with Gasteiger partial charge in [0.05, 0.1) is 12.7 Å². The molecule has 0 bridgehead atoms. The summed E-state index contributed by atoms with van der Waals surface area (Å²) in [6.45, 7) is 0. The maximum atomic E-state index is 12.0. The van der Waals surface area contributed by atoms with Crippen LogP contribution in [0.1, 0.15) is 15.9 Å². The van der Waals surface area contributed by atoms with Gasteiger partial charge in [0.1, 0.15) is 10.7 Å². The van der Waals surface area contributed by atoms with E-state index in [2.05, 4.69) is 15.0 Å². The van der Waals surface area contributed by atoms with Crippen LogP contribution in [0.15, 0.2) is 52.4 Å². The number of nitrogen functional groups attached to an aromatic ring is 2. The molecule has 0 amide bonds. The van der Waals surface area contributed by atoms with E-state index in [1.54, 1.807) is 24.5 Å². The van der Waals surface area contributed by atoms with Gasteiger partial charge in [0.2, 0.25) is 5.95 Å². The first-order chi connectivity index (χ1) is 13.0. The molecule has 2 aromatic heterocycles. The molecule has 1 aromatic carbocycles. The van der Waals surface area contributed by atoms with Gasteiger partial charge < -0.3 is 16.2 Å². The minimum atomic E-state index is -0.384. The van der Waals surface area contributed by atoms with Gasteiger partial charge in [-0.25, -0.2) is 4.79 Å². The Balaban J connectivity index is 1.78. The molecule has 0 unspecified atom stereocenters. The van der Waals surface area contributed by atoms with E-state index in [1.807, 2.05) is 18.2 Å². The monoisotopic (exact) mass is 383 g/mol. The van der Waals surface area contributed by atoms with Crippen LogP contribution in [0, 0.1) is 0 Å². The molecule has 0 fully saturated rings. The zero-order valence-electron chi connectivity index (χ0n) is 14.4. The SMILES string of the molecule is COC(=O)c1ccc(-c2cncc(CSc3c(N)nc(N)[nH]c3=O)c2)cc1. The van der Waals surface area contributed by atoms with Crippen LogP contribution in [0.3, 0.4) is 0 Å². The first-order valence-corrected chi connectivity index (χ1v) is 8.87. The second-order valence-electron chi connectivity index (χ2n) is 5.61. The maximum Gasteiger partial charge on any atom is 0.337 e. The number of carbonyl (C=O) groups excluding carboxylic acids is 1. The molecule has 0 saturated carbocycles. The first kappa shape index (κ1) is 18.5. The summed E-state index contributed by atoms with van der Waals surface area (Å²) < 4.78 is 4.70. The standard InChI is InChI=1S/C18H17N5O3S/c1-26-17(25)12-4-2-11(3-5-12)13-6-10(7-21-8-13)9-27-14-15(19)22-18(20)23-16(14)24/h2-8H,9H2,1H3,(H5,19,20,22,23,24). The van der Waals surface area contributed by atoms with Crippen LogP contribution < -0.4 is 17.0 Å². The minimum Gasteiger partial charge on any atom is -0.465 e. The number of H-pyrrole nitrogens is 1. The summed E-state index contributed by atoms with van der Waals surface area (Å²) in [5, 5.41) is 0. The fourth-order valence-electron chi connectivity index (χ4n) is 2.43. The Morgan fingerprint density at radius 1 is 1.19 bits per heavy atom. The number of nitrogens with two attached hydrogens (primary N) is 2. The average molecular weight is 383 g/mol. The molecule has 0 aliphatic carbocycles. The molecule has 0 saturated heterocycles. The summed E-state index contributed by atoms with van der Waals surface area (Å²) in [4.78, 5) is 34.3. The Hall–Kier alpha value is -3.33. The van der Waals surface area contributed by atoms with E-state index in [9.17, 15) is 9.59 Å². The van der Waals surface area contributed by atoms with Crippen LogP contribution in [0.5, 0.6) is 0 Å². The highest BCUT2D eigenvalue weighted by Gasteiger charge is 2.10. The number of methoxy groups -OCH3 is 1. The Morgan fingerprint density at radius 3 is 2.59 bits per heavy atom. The smallest absolute Gasteiger partial charge is 0.337 e. The summed E-state index contributed by atoms with van der Waals surface area (Å²) in [6.07, 6.45) is 3.45. The molecule has 9 heteroatoms. The van der Waals surface area contributed by atoms with Crippen molar-refractivity contribution in [2.75, 3.05) is 18.6 Å². The number of carbonyl (C=O) groups is 1. The van der Waals surface area contributed by atoms with E-state index in [4.69, 9.17) is 16.2 Å². The number of pyridine rings is 1. The molecule has 0 radical (unpaired) electrons. The van der Waals surface area contributed by atoms with E-state index < -0.39 is 0 Å². The molecule has 138 valence electrons. The van der Waals surface area contributed by atoms with Crippen molar-refractivity contribution in [2.45, 2.75) is 10.6 Å². The third-order valence-electron chi connectivity index (χ3n) is 3.74. The van der Waals surface area contributed by atoms with E-state index in [-0.39, 0.29) is 23.3 Å². The third kappa shape index (κ3) is 4.26. The Labute approximate surface area is 159 Å². The molecule has 0 aliphatic heterocycles. The number of rotatable bonds is 5. The van der Waals surface area contributed by atoms with E-state index in [1.165, 1.54) is 18.9 Å². The number of anilines is 2. The highest BCUT2D eigenvalue weighted by atomic mass is 32.2. The third-order valence-corrected chi connectivity index (χ3v) is 4.90. The van der Waals surface area contributed by atoms with Crippen LogP contribution in [-0.4, -0.2) is 28.0 Å². The van der Waals surface area contributed by atoms with Crippen molar-refractivity contribution < 1.29 is 9.53 Å². The number of nitrogens with zero attached hydrogens (tertiary/aromatic N) is 2. The number of benzene rings is 1. The fourth-order valence-corrected chi connectivity index (χ4v) is 3.28. The molecule has 0 spiro atoms. The second kappa shape index (κ2) is 7.92. The lowest BCUT2D eigenvalue weighted by Gasteiger charge is -2.07. The van der Waals surface area contributed by atoms with Gasteiger partial charge >= 0.3 is 5.97 Å². The average Bonchev–Trinajstić information content (AvgIpc) is 2.67. The minimum absolute atomic E-state index is 0.0130. The molecule has 3 rings (SSSR count). The molecule has 0 atom stereocenters. The number of aromatic nitrogens is 3. The highest BCUT2D eigenvalue weighted by molar-refractivity contribution is 7.98. The van der Waals surface area contributed by atoms with Gasteiger partial charge in [-0.2, -0.15) is 4.98 Å². The van der Waals surface area contributed by atoms with Crippen LogP contribution in [0.2, 0.25) is 0 Å². The zero-order chi connectivity index (χ0) is 19.4. The van der Waals surface area contributed by atoms with Gasteiger partial charge in [-0.15, -0.1) is 11.8 Å². The maximum absolute atomic E-state index is 12.0. The van der Waals surface area contributed by atoms with Crippen LogP contribution in [-0.2, 0) is 10.5 Å². The Morgan fingerprint density at radius 2 is 1.93 bits per heavy atom. The molecule has 0 aliphatic rings. The quantitative estimate of drug-likeness (QED) is 0.450. The number of hydrogen-bond donors (Lipinski definition) is 3. The van der Waals surface area contributed by atoms with Crippen molar-refractivity contribution in [1.29, 1.82) is 0 Å². The van der Waals surface area contributed by atoms with Gasteiger partial charge in [-0.05, 0) is 29.3 Å². The number of nitrogens with one attached hydrogen (secondary N) is 1. The molecule has 2 heterocycles. The summed E-state index contributed by atoms with van der Waals surface area (Å²) in [5.41, 5.74) is 14.1. The van der Waals surface area contributed by atoms with Crippen molar-refractivity contribution in [1.82, 2.24) is 15.0 Å². The van der Waals surface area contributed by atoms with Crippen LogP contribution >= 0.6 is 11.8 Å². The van der Waals surface area contributed by atoms with Crippen molar-refractivity contribution in [2.24, 2.45) is 0 Å². The second-order valence-corrected chi connectivity index (χ2v) is 6.59. The van der Waals surface area contributed by atoms with E-state index >= 15 is 0 Å². The summed E-state index contributed by atoms with van der Waals surface area (Å²) in [6, 6.07) is 9.01. The molecular formula is C18H17N5O3S. The van der Waals surface area contributed by atoms with Crippen LogP contribution in [0.25, 0.3) is 11.1 Å². The van der Waals surface area contributed by atoms with Crippen molar-refractivity contribution in [3.05, 3.63) is 64.2 Å². The van der Waals surface area contributed by atoms with Crippen molar-refractivity contribution in [3.63, 3.8) is 0 Å². The predicted octanol–water partition coefficient (Wildman–Crippen LogP) is 2.08. The molecule has 8 nitrogen and oxygen atoms in total. The van der Waals surface area contributed by atoms with E-state index in [0.29, 0.717) is 16.2 Å². The zero-order valence-corrected chi connectivity index (χ0v) is 15.2. The van der Waals surface area contributed by atoms with Gasteiger partial charge in [0.25, 0.3) is 5.56 Å². The van der Waals surface area contributed by atoms with Gasteiger partial charge in [0, 0.05) is 23.7 Å². The number of hydrogen-bond acceptors (Lipinski definition) is 8. The Kier molecular flexibility index (Phi) is 5.41. The van der Waals surface area contributed by atoms with Crippen molar-refractivity contribution >= 4 is 29.5 Å². The molecule has 3 aromatic rings. The largest absolute Gasteiger partial charge is 0.465 e. The fraction of sp³-hybridized carbons (Fsp3) is 0.111. The number of thioether (sulfide) groups is 1. The molecule has 27 heavy (non-hydrogen) atoms.